The number of rotatable bonds is 4. The Morgan fingerprint density at radius 3 is 2.81 bits per heavy atom. The van der Waals surface area contributed by atoms with Gasteiger partial charge < -0.3 is 15.3 Å². The van der Waals surface area contributed by atoms with E-state index in [1.54, 1.807) is 11.8 Å². The first kappa shape index (κ1) is 11.2. The Hall–Kier alpha value is -1.26. The molecule has 0 aromatic carbocycles. The van der Waals surface area contributed by atoms with Crippen LogP contribution in [0.5, 0.6) is 0 Å². The van der Waals surface area contributed by atoms with Crippen molar-refractivity contribution < 1.29 is 14.7 Å². The number of carboxylic acid groups (broad SMARTS) is 1. The van der Waals surface area contributed by atoms with Gasteiger partial charge in [-0.05, 0) is 18.8 Å². The van der Waals surface area contributed by atoms with E-state index in [4.69, 9.17) is 5.11 Å². The van der Waals surface area contributed by atoms with Crippen LogP contribution in [-0.4, -0.2) is 41.1 Å². The van der Waals surface area contributed by atoms with E-state index in [9.17, 15) is 9.59 Å². The zero-order valence-corrected chi connectivity index (χ0v) is 9.48. The van der Waals surface area contributed by atoms with E-state index >= 15 is 0 Å². The first-order valence-corrected chi connectivity index (χ1v) is 5.86. The van der Waals surface area contributed by atoms with E-state index in [1.807, 2.05) is 0 Å². The zero-order valence-electron chi connectivity index (χ0n) is 9.48. The molecule has 0 aromatic rings. The Bertz CT molecular complexity index is 302. The summed E-state index contributed by atoms with van der Waals surface area (Å²) in [7, 11) is 0. The molecule has 1 heterocycles. The minimum atomic E-state index is -0.847. The highest BCUT2D eigenvalue weighted by molar-refractivity contribution is 5.78. The molecule has 0 aromatic heterocycles. The number of carbonyl (C=O) groups excluding carboxylic acids is 1. The lowest BCUT2D eigenvalue weighted by atomic mass is 9.80. The molecular weight excluding hydrogens is 208 g/mol. The van der Waals surface area contributed by atoms with Crippen LogP contribution in [-0.2, 0) is 4.79 Å². The van der Waals surface area contributed by atoms with Crippen molar-refractivity contribution in [3.05, 3.63) is 0 Å². The van der Waals surface area contributed by atoms with Gasteiger partial charge in [0.15, 0.2) is 0 Å². The average Bonchev–Trinajstić information content (AvgIpc) is 2.44. The molecule has 2 amide bonds. The monoisotopic (exact) mass is 226 g/mol. The second-order valence-corrected chi connectivity index (χ2v) is 4.89. The molecule has 2 unspecified atom stereocenters. The number of carboxylic acids is 1. The number of hydrogen-bond acceptors (Lipinski definition) is 2. The number of amides is 2. The summed E-state index contributed by atoms with van der Waals surface area (Å²) >= 11 is 0. The molecule has 0 spiro atoms. The maximum atomic E-state index is 11.6. The van der Waals surface area contributed by atoms with Crippen LogP contribution in [0.3, 0.4) is 0 Å². The number of hydrogen-bond donors (Lipinski definition) is 2. The second-order valence-electron chi connectivity index (χ2n) is 4.89. The molecule has 0 bridgehead atoms. The van der Waals surface area contributed by atoms with Crippen LogP contribution in [0.15, 0.2) is 0 Å². The highest BCUT2D eigenvalue weighted by Crippen LogP contribution is 2.31. The Labute approximate surface area is 94.8 Å². The van der Waals surface area contributed by atoms with E-state index in [-0.39, 0.29) is 12.1 Å². The third-order valence-electron chi connectivity index (χ3n) is 3.65. The van der Waals surface area contributed by atoms with Crippen LogP contribution in [0.25, 0.3) is 0 Å². The fourth-order valence-corrected chi connectivity index (χ4v) is 2.29. The van der Waals surface area contributed by atoms with Gasteiger partial charge in [0, 0.05) is 13.1 Å². The van der Waals surface area contributed by atoms with Crippen molar-refractivity contribution in [3.63, 3.8) is 0 Å². The summed E-state index contributed by atoms with van der Waals surface area (Å²) in [5, 5.41) is 11.7. The smallest absolute Gasteiger partial charge is 0.317 e. The van der Waals surface area contributed by atoms with E-state index < -0.39 is 11.9 Å². The van der Waals surface area contributed by atoms with Crippen LogP contribution >= 0.6 is 0 Å². The molecule has 16 heavy (non-hydrogen) atoms. The molecule has 1 saturated heterocycles. The molecule has 2 aliphatic rings. The van der Waals surface area contributed by atoms with Crippen LogP contribution in [0, 0.1) is 11.8 Å². The maximum absolute atomic E-state index is 11.6. The fourth-order valence-electron chi connectivity index (χ4n) is 2.29. The van der Waals surface area contributed by atoms with Gasteiger partial charge in [-0.1, -0.05) is 13.3 Å². The van der Waals surface area contributed by atoms with E-state index in [0.717, 1.165) is 0 Å². The number of nitrogens with one attached hydrogen (secondary N) is 1. The van der Waals surface area contributed by atoms with Crippen molar-refractivity contribution in [2.45, 2.75) is 32.2 Å². The molecule has 1 saturated carbocycles. The number of carbonyl (C=O) groups is 2. The minimum absolute atomic E-state index is 0.106. The highest BCUT2D eigenvalue weighted by Gasteiger charge is 2.37. The normalized spacial score (nSPS) is 27.4. The van der Waals surface area contributed by atoms with Gasteiger partial charge in [0.1, 0.15) is 0 Å². The van der Waals surface area contributed by atoms with Crippen LogP contribution in [0.1, 0.15) is 26.2 Å². The van der Waals surface area contributed by atoms with E-state index in [0.29, 0.717) is 19.0 Å². The summed E-state index contributed by atoms with van der Waals surface area (Å²) in [4.78, 5) is 24.0. The van der Waals surface area contributed by atoms with Crippen molar-refractivity contribution in [2.75, 3.05) is 13.1 Å². The third-order valence-corrected chi connectivity index (χ3v) is 3.65. The fraction of sp³-hybridized carbons (Fsp3) is 0.818. The van der Waals surface area contributed by atoms with E-state index in [1.165, 1.54) is 19.3 Å². The summed E-state index contributed by atoms with van der Waals surface area (Å²) in [5.41, 5.74) is 0. The SMILES string of the molecule is CC(CN1CC(C2CCC2)NC1=O)C(=O)O. The largest absolute Gasteiger partial charge is 0.481 e. The summed E-state index contributed by atoms with van der Waals surface area (Å²) in [6.45, 7) is 2.61. The Morgan fingerprint density at radius 2 is 2.31 bits per heavy atom. The highest BCUT2D eigenvalue weighted by atomic mass is 16.4. The first-order chi connectivity index (χ1) is 7.58. The molecule has 1 aliphatic carbocycles. The number of nitrogens with zero attached hydrogens (tertiary/aromatic N) is 1. The van der Waals surface area contributed by atoms with Crippen molar-refractivity contribution >= 4 is 12.0 Å². The van der Waals surface area contributed by atoms with Crippen molar-refractivity contribution in [3.8, 4) is 0 Å². The Balaban J connectivity index is 1.86. The summed E-state index contributed by atoms with van der Waals surface area (Å²) < 4.78 is 0. The molecule has 2 rings (SSSR count). The predicted molar refractivity (Wildman–Crippen MR) is 58.0 cm³/mol. The van der Waals surface area contributed by atoms with Gasteiger partial charge in [0.25, 0.3) is 0 Å². The third kappa shape index (κ3) is 2.13. The maximum Gasteiger partial charge on any atom is 0.317 e. The molecule has 90 valence electrons. The standard InChI is InChI=1S/C11H18N2O3/c1-7(10(14)15)5-13-6-9(12-11(13)16)8-3-2-4-8/h7-9H,2-6H2,1H3,(H,12,16)(H,14,15). The number of urea groups is 1. The Morgan fingerprint density at radius 1 is 1.62 bits per heavy atom. The van der Waals surface area contributed by atoms with Gasteiger partial charge in [0.05, 0.1) is 12.0 Å². The van der Waals surface area contributed by atoms with Crippen LogP contribution in [0.2, 0.25) is 0 Å². The zero-order chi connectivity index (χ0) is 11.7. The van der Waals surface area contributed by atoms with Crippen molar-refractivity contribution in [1.82, 2.24) is 10.2 Å². The van der Waals surface area contributed by atoms with Gasteiger partial charge in [-0.2, -0.15) is 0 Å². The van der Waals surface area contributed by atoms with Gasteiger partial charge in [-0.25, -0.2) is 4.79 Å². The molecule has 5 nitrogen and oxygen atoms in total. The summed E-state index contributed by atoms with van der Waals surface area (Å²) in [5.74, 6) is -0.736. The van der Waals surface area contributed by atoms with Crippen LogP contribution < -0.4 is 5.32 Å². The second kappa shape index (κ2) is 4.31. The van der Waals surface area contributed by atoms with E-state index in [2.05, 4.69) is 5.32 Å². The van der Waals surface area contributed by atoms with Gasteiger partial charge in [-0.15, -0.1) is 0 Å². The predicted octanol–water partition coefficient (Wildman–Crippen LogP) is 0.901. The van der Waals surface area contributed by atoms with Gasteiger partial charge in [-0.3, -0.25) is 4.79 Å². The summed E-state index contributed by atoms with van der Waals surface area (Å²) in [6.07, 6.45) is 3.63. The minimum Gasteiger partial charge on any atom is -0.481 e. The molecule has 2 atom stereocenters. The van der Waals surface area contributed by atoms with Crippen molar-refractivity contribution in [1.29, 1.82) is 0 Å². The molecule has 2 fully saturated rings. The first-order valence-electron chi connectivity index (χ1n) is 5.86. The lowest BCUT2D eigenvalue weighted by molar-refractivity contribution is -0.141. The average molecular weight is 226 g/mol. The molecule has 0 radical (unpaired) electrons. The molecule has 2 N–H and O–H groups in total. The summed E-state index contributed by atoms with van der Waals surface area (Å²) in [6, 6.07) is 0.132. The van der Waals surface area contributed by atoms with Crippen LogP contribution in [0.4, 0.5) is 4.79 Å². The van der Waals surface area contributed by atoms with Gasteiger partial charge in [0.2, 0.25) is 0 Å². The quantitative estimate of drug-likeness (QED) is 0.748. The molecular formula is C11H18N2O3. The molecule has 1 aliphatic heterocycles. The molecule has 5 heteroatoms. The lowest BCUT2D eigenvalue weighted by Crippen LogP contribution is -2.37. The Kier molecular flexibility index (Phi) is 3.03. The van der Waals surface area contributed by atoms with Crippen molar-refractivity contribution in [2.24, 2.45) is 11.8 Å². The van der Waals surface area contributed by atoms with Gasteiger partial charge >= 0.3 is 12.0 Å². The lowest BCUT2D eigenvalue weighted by Gasteiger charge is -2.30. The topological polar surface area (TPSA) is 69.6 Å². The number of aliphatic carboxylic acids is 1.